The van der Waals surface area contributed by atoms with Crippen LogP contribution in [0.15, 0.2) is 18.2 Å². The zero-order chi connectivity index (χ0) is 14.3. The van der Waals surface area contributed by atoms with Crippen molar-refractivity contribution in [2.24, 2.45) is 0 Å². The highest BCUT2D eigenvalue weighted by atomic mass is 127. The summed E-state index contributed by atoms with van der Waals surface area (Å²) in [4.78, 5) is 11.3. The Morgan fingerprint density at radius 3 is 2.21 bits per heavy atom. The van der Waals surface area contributed by atoms with Gasteiger partial charge in [-0.25, -0.2) is 10.9 Å². The van der Waals surface area contributed by atoms with Gasteiger partial charge in [-0.2, -0.15) is 0 Å². The molecule has 0 aliphatic rings. The van der Waals surface area contributed by atoms with Crippen LogP contribution in [-0.2, 0) is 6.14 Å². The van der Waals surface area contributed by atoms with E-state index in [1.165, 1.54) is 18.2 Å². The molecule has 0 bridgehead atoms. The summed E-state index contributed by atoms with van der Waals surface area (Å²) in [7, 11) is 0. The van der Waals surface area contributed by atoms with Gasteiger partial charge in [0, 0.05) is 5.39 Å². The molecule has 0 unspecified atom stereocenters. The third kappa shape index (κ3) is 2.52. The number of fused-ring (bicyclic) bond motifs is 1. The van der Waals surface area contributed by atoms with E-state index < -0.39 is 25.8 Å². The van der Waals surface area contributed by atoms with Gasteiger partial charge < -0.3 is 5.11 Å². The highest BCUT2D eigenvalue weighted by molar-refractivity contribution is 14.2. The van der Waals surface area contributed by atoms with Gasteiger partial charge >= 0.3 is 25.8 Å². The molecule has 0 atom stereocenters. The van der Waals surface area contributed by atoms with Crippen molar-refractivity contribution in [3.8, 4) is 0 Å². The molecule has 2 aromatic carbocycles. The summed E-state index contributed by atoms with van der Waals surface area (Å²) < 4.78 is 22.2. The van der Waals surface area contributed by atoms with Gasteiger partial charge in [0.15, 0.2) is 0 Å². The molecular weight excluding hydrogens is 429 g/mol. The molecule has 0 aromatic heterocycles. The first-order valence-electron chi connectivity index (χ1n) is 4.73. The quantitative estimate of drug-likeness (QED) is 0.687. The van der Waals surface area contributed by atoms with E-state index in [9.17, 15) is 16.0 Å². The van der Waals surface area contributed by atoms with Crippen LogP contribution in [0.1, 0.15) is 10.4 Å². The number of carboxylic acids is 1. The molecule has 0 aliphatic heterocycles. The number of hydrogen-bond donors (Lipinski definition) is 1. The van der Waals surface area contributed by atoms with Crippen LogP contribution in [0.4, 0.5) is 0 Å². The first-order chi connectivity index (χ1) is 8.84. The van der Waals surface area contributed by atoms with Crippen LogP contribution >= 0.6 is 54.6 Å². The number of rotatable bonds is 2. The molecule has 19 heavy (non-hydrogen) atoms. The van der Waals surface area contributed by atoms with Gasteiger partial charge in [0.1, 0.15) is 3.57 Å². The summed E-state index contributed by atoms with van der Waals surface area (Å²) >= 11 is 13.6. The van der Waals surface area contributed by atoms with E-state index in [4.69, 9.17) is 34.8 Å². The van der Waals surface area contributed by atoms with E-state index in [2.05, 4.69) is 0 Å². The smallest absolute Gasteiger partial charge is 0.343 e. The predicted molar refractivity (Wildman–Crippen MR) is 80.0 cm³/mol. The van der Waals surface area contributed by atoms with E-state index in [1.54, 1.807) is 0 Å². The molecule has 8 heteroatoms. The second-order valence-electron chi connectivity index (χ2n) is 3.53. The normalized spacial score (nSPS) is 11.2. The summed E-state index contributed by atoms with van der Waals surface area (Å²) in [5, 5.41) is 9.90. The third-order valence-electron chi connectivity index (χ3n) is 2.47. The van der Waals surface area contributed by atoms with Gasteiger partial charge in [-0.1, -0.05) is 40.9 Å². The van der Waals surface area contributed by atoms with Crippen LogP contribution in [0, 0.1) is 3.57 Å². The number of carboxylic acid groups (broad SMARTS) is 1. The van der Waals surface area contributed by atoms with Crippen molar-refractivity contribution in [3.63, 3.8) is 0 Å². The summed E-state index contributed by atoms with van der Waals surface area (Å²) in [6, 6.07) is 4.13. The SMILES string of the molecule is O=C(O)c1c(I(=O)=O)c(Cl)cc2c(Cl)c(Cl)ccc12. The summed E-state index contributed by atoms with van der Waals surface area (Å²) in [6.45, 7) is 0. The first-order valence-corrected chi connectivity index (χ1v) is 8.70. The van der Waals surface area contributed by atoms with Crippen LogP contribution in [0.5, 0.6) is 0 Å². The minimum absolute atomic E-state index is 0.132. The van der Waals surface area contributed by atoms with E-state index in [-0.39, 0.29) is 29.6 Å². The molecule has 0 saturated carbocycles. The van der Waals surface area contributed by atoms with Crippen LogP contribution in [0.3, 0.4) is 0 Å². The lowest BCUT2D eigenvalue weighted by atomic mass is 10.0. The van der Waals surface area contributed by atoms with Crippen molar-refractivity contribution in [2.45, 2.75) is 0 Å². The molecule has 2 aromatic rings. The molecule has 0 spiro atoms. The third-order valence-corrected chi connectivity index (χ3v) is 5.91. The van der Waals surface area contributed by atoms with Crippen molar-refractivity contribution >= 4 is 71.3 Å². The highest BCUT2D eigenvalue weighted by Gasteiger charge is 2.23. The first kappa shape index (κ1) is 14.8. The van der Waals surface area contributed by atoms with Gasteiger partial charge in [-0.3, -0.25) is 0 Å². The fourth-order valence-corrected chi connectivity index (χ4v) is 4.23. The minimum atomic E-state index is -4.07. The Morgan fingerprint density at radius 2 is 1.68 bits per heavy atom. The molecule has 0 saturated heterocycles. The monoisotopic (exact) mass is 432 g/mol. The van der Waals surface area contributed by atoms with Crippen molar-refractivity contribution in [3.05, 3.63) is 42.4 Å². The van der Waals surface area contributed by atoms with Crippen molar-refractivity contribution in [2.75, 3.05) is 0 Å². The Hall–Kier alpha value is -0.630. The number of hydrogen-bond acceptors (Lipinski definition) is 3. The Morgan fingerprint density at radius 1 is 1.05 bits per heavy atom. The second kappa shape index (κ2) is 5.40. The minimum Gasteiger partial charge on any atom is -0.478 e. The van der Waals surface area contributed by atoms with Gasteiger partial charge in [-0.05, 0) is 17.5 Å². The standard InChI is InChI=1S/C11H4Cl3IO4/c12-6-2-1-4-5(9(6)14)3-7(13)10(15(18)19)8(4)11(16)17/h1-3H,(H,16,17). The second-order valence-corrected chi connectivity index (χ2v) is 7.04. The van der Waals surface area contributed by atoms with Crippen LogP contribution < -0.4 is 0 Å². The zero-order valence-electron chi connectivity index (χ0n) is 8.92. The molecule has 100 valence electrons. The molecular formula is C11H4Cl3IO4. The van der Waals surface area contributed by atoms with E-state index in [0.29, 0.717) is 5.39 Å². The lowest BCUT2D eigenvalue weighted by molar-refractivity contribution is 0.0698. The van der Waals surface area contributed by atoms with Crippen molar-refractivity contribution in [1.29, 1.82) is 0 Å². The van der Waals surface area contributed by atoms with Crippen LogP contribution in [0.2, 0.25) is 15.1 Å². The van der Waals surface area contributed by atoms with E-state index >= 15 is 0 Å². The van der Waals surface area contributed by atoms with Crippen molar-refractivity contribution < 1.29 is 16.0 Å². The molecule has 0 heterocycles. The lowest BCUT2D eigenvalue weighted by Crippen LogP contribution is -2.02. The Balaban J connectivity index is 3.10. The molecule has 0 fully saturated rings. The van der Waals surface area contributed by atoms with Gasteiger partial charge in [-0.15, -0.1) is 0 Å². The summed E-state index contributed by atoms with van der Waals surface area (Å²) in [6.07, 6.45) is 0. The lowest BCUT2D eigenvalue weighted by Gasteiger charge is -2.09. The van der Waals surface area contributed by atoms with Gasteiger partial charge in [0.05, 0.1) is 20.6 Å². The number of aromatic carboxylic acids is 1. The van der Waals surface area contributed by atoms with E-state index in [0.717, 1.165) is 0 Å². The maximum atomic E-state index is 11.3. The summed E-state index contributed by atoms with van der Waals surface area (Å²) in [5.41, 5.74) is -0.365. The fraction of sp³-hybridized carbons (Fsp3) is 0. The average Bonchev–Trinajstić information content (AvgIpc) is 2.32. The van der Waals surface area contributed by atoms with Gasteiger partial charge in [0.25, 0.3) is 0 Å². The highest BCUT2D eigenvalue weighted by Crippen LogP contribution is 2.39. The molecule has 0 radical (unpaired) electrons. The number of carbonyl (C=O) groups is 1. The average molecular weight is 433 g/mol. The molecule has 1 N–H and O–H groups in total. The number of benzene rings is 2. The Bertz CT molecular complexity index is 775. The van der Waals surface area contributed by atoms with Gasteiger partial charge in [0.2, 0.25) is 0 Å². The topological polar surface area (TPSA) is 71.4 Å². The van der Waals surface area contributed by atoms with Crippen LogP contribution in [-0.4, -0.2) is 11.1 Å². The zero-order valence-corrected chi connectivity index (χ0v) is 13.3. The molecule has 4 nitrogen and oxygen atoms in total. The molecule has 2 rings (SSSR count). The van der Waals surface area contributed by atoms with Crippen LogP contribution in [0.25, 0.3) is 10.8 Å². The maximum absolute atomic E-state index is 11.3. The molecule has 0 aliphatic carbocycles. The van der Waals surface area contributed by atoms with E-state index in [1.807, 2.05) is 0 Å². The Labute approximate surface area is 129 Å². The predicted octanol–water partition coefficient (Wildman–Crippen LogP) is 4.87. The molecule has 0 amide bonds. The Kier molecular flexibility index (Phi) is 4.20. The summed E-state index contributed by atoms with van der Waals surface area (Å²) in [5.74, 6) is -1.38. The fourth-order valence-electron chi connectivity index (χ4n) is 1.71. The van der Waals surface area contributed by atoms with Crippen molar-refractivity contribution in [1.82, 2.24) is 0 Å². The maximum Gasteiger partial charge on any atom is 0.343 e. The number of halogens is 4. The largest absolute Gasteiger partial charge is 0.478 e.